The molecule has 1 aliphatic heterocycles. The maximum atomic E-state index is 9.42. The van der Waals surface area contributed by atoms with Crippen molar-refractivity contribution in [1.29, 1.82) is 5.26 Å². The molecule has 0 saturated carbocycles. The topological polar surface area (TPSA) is 27.0 Å². The largest absolute Gasteiger partial charge is 0.372 e. The summed E-state index contributed by atoms with van der Waals surface area (Å²) in [5.41, 5.74) is 3.94. The molecule has 1 aliphatic rings. The fourth-order valence-electron chi connectivity index (χ4n) is 2.76. The van der Waals surface area contributed by atoms with Gasteiger partial charge in [0.1, 0.15) is 0 Å². The van der Waals surface area contributed by atoms with Gasteiger partial charge < -0.3 is 4.90 Å². The summed E-state index contributed by atoms with van der Waals surface area (Å²) in [7, 11) is 0. The molecule has 0 unspecified atom stereocenters. The molecule has 3 rings (SSSR count). The van der Waals surface area contributed by atoms with Crippen LogP contribution in [0.3, 0.4) is 0 Å². The average molecular weight is 353 g/mol. The number of hydrogen-bond acceptors (Lipinski definition) is 2. The first-order valence-corrected chi connectivity index (χ1v) is 8.28. The van der Waals surface area contributed by atoms with Crippen LogP contribution in [-0.2, 0) is 0 Å². The number of allylic oxidation sites excluding steroid dienone is 1. The Hall–Kier alpha value is -2.05. The minimum Gasteiger partial charge on any atom is -0.372 e. The lowest BCUT2D eigenvalue weighted by Gasteiger charge is -2.17. The second kappa shape index (κ2) is 6.81. The molecule has 1 heterocycles. The van der Waals surface area contributed by atoms with Crippen LogP contribution in [0.1, 0.15) is 24.0 Å². The van der Waals surface area contributed by atoms with E-state index in [-0.39, 0.29) is 0 Å². The fraction of sp³-hybridized carbons (Fsp3) is 0.211. The monoisotopic (exact) mass is 352 g/mol. The molecule has 0 radical (unpaired) electrons. The lowest BCUT2D eigenvalue weighted by Crippen LogP contribution is -2.17. The van der Waals surface area contributed by atoms with Gasteiger partial charge in [0.25, 0.3) is 0 Å². The second-order valence-electron chi connectivity index (χ2n) is 5.47. The van der Waals surface area contributed by atoms with Crippen molar-refractivity contribution >= 4 is 33.3 Å². The number of nitriles is 1. The minimum absolute atomic E-state index is 0.676. The van der Waals surface area contributed by atoms with E-state index in [1.54, 1.807) is 0 Å². The van der Waals surface area contributed by atoms with E-state index < -0.39 is 0 Å². The molecule has 0 bridgehead atoms. The third-order valence-corrected chi connectivity index (χ3v) is 4.42. The van der Waals surface area contributed by atoms with Gasteiger partial charge in [-0.1, -0.05) is 40.2 Å². The highest BCUT2D eigenvalue weighted by molar-refractivity contribution is 9.10. The number of hydrogen-bond donors (Lipinski definition) is 0. The van der Waals surface area contributed by atoms with E-state index in [0.717, 1.165) is 28.7 Å². The molecule has 0 spiro atoms. The van der Waals surface area contributed by atoms with E-state index >= 15 is 0 Å². The smallest absolute Gasteiger partial charge is 0.0998 e. The van der Waals surface area contributed by atoms with Gasteiger partial charge in [-0.3, -0.25) is 0 Å². The number of halogens is 1. The summed E-state index contributed by atoms with van der Waals surface area (Å²) in [5, 5.41) is 9.42. The van der Waals surface area contributed by atoms with Gasteiger partial charge in [-0.05, 0) is 54.3 Å². The molecule has 1 fully saturated rings. The van der Waals surface area contributed by atoms with Crippen molar-refractivity contribution in [2.75, 3.05) is 18.0 Å². The van der Waals surface area contributed by atoms with Gasteiger partial charge in [0.05, 0.1) is 11.6 Å². The van der Waals surface area contributed by atoms with Crippen molar-refractivity contribution in [1.82, 2.24) is 0 Å². The molecule has 0 N–H and O–H groups in total. The van der Waals surface area contributed by atoms with E-state index in [1.807, 2.05) is 30.3 Å². The minimum atomic E-state index is 0.676. The zero-order valence-corrected chi connectivity index (χ0v) is 13.9. The third kappa shape index (κ3) is 3.40. The number of anilines is 1. The summed E-state index contributed by atoms with van der Waals surface area (Å²) in [4.78, 5) is 2.41. The highest BCUT2D eigenvalue weighted by Gasteiger charge is 2.11. The Kier molecular flexibility index (Phi) is 4.60. The first-order chi connectivity index (χ1) is 10.8. The Bertz CT molecular complexity index is 720. The summed E-state index contributed by atoms with van der Waals surface area (Å²) < 4.78 is 0.982. The molecule has 0 atom stereocenters. The van der Waals surface area contributed by atoms with Crippen LogP contribution < -0.4 is 4.90 Å². The molecular weight excluding hydrogens is 336 g/mol. The molecule has 2 aromatic rings. The Morgan fingerprint density at radius 2 is 1.82 bits per heavy atom. The van der Waals surface area contributed by atoms with E-state index in [4.69, 9.17) is 0 Å². The van der Waals surface area contributed by atoms with Crippen molar-refractivity contribution < 1.29 is 0 Å². The van der Waals surface area contributed by atoms with Crippen LogP contribution in [0.15, 0.2) is 53.0 Å². The SMILES string of the molecule is N#CC(=Cc1ccc(N2CCCC2)cc1)c1cccc(Br)c1. The quantitative estimate of drug-likeness (QED) is 0.566. The van der Waals surface area contributed by atoms with Crippen molar-refractivity contribution in [3.05, 3.63) is 64.1 Å². The van der Waals surface area contributed by atoms with Crippen LogP contribution in [0.25, 0.3) is 11.6 Å². The molecule has 1 saturated heterocycles. The van der Waals surface area contributed by atoms with Crippen molar-refractivity contribution in [2.45, 2.75) is 12.8 Å². The average Bonchev–Trinajstić information content (AvgIpc) is 3.07. The number of benzene rings is 2. The maximum absolute atomic E-state index is 9.42. The maximum Gasteiger partial charge on any atom is 0.0998 e. The molecule has 0 aromatic heterocycles. The van der Waals surface area contributed by atoms with Crippen LogP contribution in [0, 0.1) is 11.3 Å². The van der Waals surface area contributed by atoms with Crippen LogP contribution in [0.2, 0.25) is 0 Å². The van der Waals surface area contributed by atoms with Crippen LogP contribution in [-0.4, -0.2) is 13.1 Å². The van der Waals surface area contributed by atoms with E-state index in [9.17, 15) is 5.26 Å². The second-order valence-corrected chi connectivity index (χ2v) is 6.38. The van der Waals surface area contributed by atoms with Crippen molar-refractivity contribution in [3.8, 4) is 6.07 Å². The van der Waals surface area contributed by atoms with Crippen LogP contribution in [0.5, 0.6) is 0 Å². The lowest BCUT2D eigenvalue weighted by molar-refractivity contribution is 0.949. The van der Waals surface area contributed by atoms with E-state index in [0.29, 0.717) is 5.57 Å². The molecule has 3 heteroatoms. The fourth-order valence-corrected chi connectivity index (χ4v) is 3.16. The highest BCUT2D eigenvalue weighted by Crippen LogP contribution is 2.24. The van der Waals surface area contributed by atoms with Gasteiger partial charge in [0.2, 0.25) is 0 Å². The lowest BCUT2D eigenvalue weighted by atomic mass is 10.0. The van der Waals surface area contributed by atoms with Gasteiger partial charge in [0.15, 0.2) is 0 Å². The van der Waals surface area contributed by atoms with Crippen molar-refractivity contribution in [2.24, 2.45) is 0 Å². The highest BCUT2D eigenvalue weighted by atomic mass is 79.9. The Labute approximate surface area is 139 Å². The number of rotatable bonds is 3. The normalized spacial score (nSPS) is 14.9. The molecule has 2 nitrogen and oxygen atoms in total. The number of nitrogens with zero attached hydrogens (tertiary/aromatic N) is 2. The van der Waals surface area contributed by atoms with Gasteiger partial charge in [-0.15, -0.1) is 0 Å². The zero-order valence-electron chi connectivity index (χ0n) is 12.3. The predicted octanol–water partition coefficient (Wildman–Crippen LogP) is 5.11. The summed E-state index contributed by atoms with van der Waals surface area (Å²) in [5.74, 6) is 0. The van der Waals surface area contributed by atoms with Crippen LogP contribution >= 0.6 is 15.9 Å². The molecule has 0 aliphatic carbocycles. The Morgan fingerprint density at radius 1 is 1.09 bits per heavy atom. The van der Waals surface area contributed by atoms with Gasteiger partial charge in [-0.25, -0.2) is 0 Å². The van der Waals surface area contributed by atoms with Gasteiger partial charge in [-0.2, -0.15) is 5.26 Å². The first kappa shape index (κ1) is 14.9. The van der Waals surface area contributed by atoms with Crippen molar-refractivity contribution in [3.63, 3.8) is 0 Å². The third-order valence-electron chi connectivity index (χ3n) is 3.93. The molecule has 0 amide bonds. The summed E-state index contributed by atoms with van der Waals surface area (Å²) in [6.45, 7) is 2.30. The standard InChI is InChI=1S/C19H17BrN2/c20-18-5-3-4-16(13-18)17(14-21)12-15-6-8-19(9-7-15)22-10-1-2-11-22/h3-9,12-13H,1-2,10-11H2. The zero-order chi connectivity index (χ0) is 15.4. The molecule has 2 aromatic carbocycles. The summed E-state index contributed by atoms with van der Waals surface area (Å²) >= 11 is 3.45. The Balaban J connectivity index is 1.85. The van der Waals surface area contributed by atoms with E-state index in [1.165, 1.54) is 18.5 Å². The Morgan fingerprint density at radius 3 is 2.45 bits per heavy atom. The molecule has 22 heavy (non-hydrogen) atoms. The van der Waals surface area contributed by atoms with Gasteiger partial charge >= 0.3 is 0 Å². The van der Waals surface area contributed by atoms with Gasteiger partial charge in [0, 0.05) is 23.2 Å². The molecular formula is C19H17BrN2. The molecule has 110 valence electrons. The van der Waals surface area contributed by atoms with E-state index in [2.05, 4.69) is 51.2 Å². The summed E-state index contributed by atoms with van der Waals surface area (Å²) in [6, 6.07) is 18.6. The summed E-state index contributed by atoms with van der Waals surface area (Å²) in [6.07, 6.45) is 4.50. The van der Waals surface area contributed by atoms with Crippen LogP contribution in [0.4, 0.5) is 5.69 Å². The first-order valence-electron chi connectivity index (χ1n) is 7.49. The predicted molar refractivity (Wildman–Crippen MR) is 95.5 cm³/mol.